The highest BCUT2D eigenvalue weighted by Crippen LogP contribution is 2.48. The van der Waals surface area contributed by atoms with Crippen molar-refractivity contribution >= 4 is 50.9 Å². The molecule has 1 atom stereocenters. The topological polar surface area (TPSA) is 85.6 Å². The van der Waals surface area contributed by atoms with Crippen LogP contribution in [0.5, 0.6) is 0 Å². The number of carbonyl (C=O) groups excluding carboxylic acids is 3. The number of rotatable bonds is 2. The molecule has 1 unspecified atom stereocenters. The second-order valence-electron chi connectivity index (χ2n) is 12.8. The number of hydrogen-bond donors (Lipinski definition) is 1. The van der Waals surface area contributed by atoms with Crippen molar-refractivity contribution in [2.45, 2.75) is 52.2 Å². The highest BCUT2D eigenvalue weighted by molar-refractivity contribution is 6.51. The minimum atomic E-state index is -0.550. The van der Waals surface area contributed by atoms with Crippen molar-refractivity contribution in [3.8, 4) is 0 Å². The lowest BCUT2D eigenvalue weighted by Gasteiger charge is -2.35. The van der Waals surface area contributed by atoms with E-state index in [-0.39, 0.29) is 23.3 Å². The first-order chi connectivity index (χ1) is 19.6. The Balaban J connectivity index is 1.39. The molecule has 1 fully saturated rings. The molecule has 4 aromatic rings. The van der Waals surface area contributed by atoms with E-state index < -0.39 is 5.60 Å². The van der Waals surface area contributed by atoms with Gasteiger partial charge in [-0.1, -0.05) is 36.4 Å². The first-order valence-corrected chi connectivity index (χ1v) is 14.3. The van der Waals surface area contributed by atoms with E-state index in [9.17, 15) is 14.4 Å². The average molecular weight is 551 g/mol. The zero-order valence-electron chi connectivity index (χ0n) is 23.9. The van der Waals surface area contributed by atoms with Crippen molar-refractivity contribution < 1.29 is 19.1 Å². The first kappa shape index (κ1) is 25.6. The van der Waals surface area contributed by atoms with E-state index in [1.165, 1.54) is 0 Å². The number of fused-ring (bicyclic) bond motifs is 4. The van der Waals surface area contributed by atoms with Gasteiger partial charge in [-0.3, -0.25) is 14.9 Å². The number of nitrogens with zero attached hydrogens (tertiary/aromatic N) is 3. The van der Waals surface area contributed by atoms with Crippen molar-refractivity contribution in [1.82, 2.24) is 19.4 Å². The molecule has 3 aliphatic heterocycles. The van der Waals surface area contributed by atoms with Crippen LogP contribution in [0.3, 0.4) is 0 Å². The fourth-order valence-electron chi connectivity index (χ4n) is 7.12. The summed E-state index contributed by atoms with van der Waals surface area (Å²) in [7, 11) is 1.96. The molecule has 0 aliphatic carbocycles. The van der Waals surface area contributed by atoms with Crippen molar-refractivity contribution in [3.05, 3.63) is 71.5 Å². The predicted molar refractivity (Wildman–Crippen MR) is 158 cm³/mol. The molecule has 3 amide bonds. The lowest BCUT2D eigenvalue weighted by molar-refractivity contribution is -0.122. The van der Waals surface area contributed by atoms with Crippen LogP contribution in [0, 0.1) is 5.41 Å². The Kier molecular flexibility index (Phi) is 5.52. The lowest BCUT2D eigenvalue weighted by atomic mass is 9.76. The van der Waals surface area contributed by atoms with Gasteiger partial charge in [-0.05, 0) is 57.6 Å². The maximum absolute atomic E-state index is 13.7. The van der Waals surface area contributed by atoms with Gasteiger partial charge in [0.15, 0.2) is 0 Å². The summed E-state index contributed by atoms with van der Waals surface area (Å²) in [5, 5.41) is 4.52. The second-order valence-corrected chi connectivity index (χ2v) is 12.8. The molecule has 1 spiro atoms. The van der Waals surface area contributed by atoms with E-state index in [1.54, 1.807) is 0 Å². The summed E-state index contributed by atoms with van der Waals surface area (Å²) in [6.07, 6.45) is 4.18. The smallest absolute Gasteiger partial charge is 0.410 e. The number of likely N-dealkylation sites (tertiary alicyclic amines) is 1. The third-order valence-corrected chi connectivity index (χ3v) is 8.92. The molecule has 1 N–H and O–H groups in total. The number of amides is 3. The average Bonchev–Trinajstić information content (AvgIpc) is 3.65. The summed E-state index contributed by atoms with van der Waals surface area (Å²) in [6.45, 7) is 7.70. The standard InChI is InChI=1S/C33H34N4O4/c1-32(2,3)41-31(40)36-15-13-33(19-36)14-16-37-24-12-8-6-10-21(24)26(25(37)17-33)28-27(29(38)34-30(28)39)22-18-35(4)23-11-7-5-9-20(22)23/h5-12,18H,13-17,19H2,1-4H3,(H,34,38,39). The number of carbonyl (C=O) groups is 3. The van der Waals surface area contributed by atoms with E-state index >= 15 is 0 Å². The Bertz CT molecular complexity index is 1820. The lowest BCUT2D eigenvalue weighted by Crippen LogP contribution is -2.39. The molecular weight excluding hydrogens is 516 g/mol. The fourth-order valence-corrected chi connectivity index (χ4v) is 7.12. The summed E-state index contributed by atoms with van der Waals surface area (Å²) in [5.41, 5.74) is 4.91. The second kappa shape index (κ2) is 8.83. The number of hydrogen-bond acceptors (Lipinski definition) is 4. The van der Waals surface area contributed by atoms with E-state index in [2.05, 4.69) is 16.0 Å². The van der Waals surface area contributed by atoms with E-state index in [4.69, 9.17) is 4.74 Å². The number of imide groups is 1. The Morgan fingerprint density at radius 1 is 0.902 bits per heavy atom. The van der Waals surface area contributed by atoms with Crippen molar-refractivity contribution in [2.75, 3.05) is 13.1 Å². The zero-order chi connectivity index (χ0) is 28.7. The molecule has 210 valence electrons. The molecule has 8 heteroatoms. The van der Waals surface area contributed by atoms with Gasteiger partial charge in [0.1, 0.15) is 5.60 Å². The Hall–Kier alpha value is -4.33. The number of aryl methyl sites for hydroxylation is 2. The van der Waals surface area contributed by atoms with E-state index in [0.29, 0.717) is 30.7 Å². The summed E-state index contributed by atoms with van der Waals surface area (Å²) < 4.78 is 10.00. The SMILES string of the molecule is Cn1cc(C2=C(c3c4n(c5ccccc35)CCC3(CCN(C(=O)OC(C)(C)C)C3)C4)C(=O)NC2=O)c2ccccc21. The van der Waals surface area contributed by atoms with Crippen LogP contribution in [0.2, 0.25) is 0 Å². The Morgan fingerprint density at radius 2 is 1.56 bits per heavy atom. The van der Waals surface area contributed by atoms with Crippen LogP contribution >= 0.6 is 0 Å². The van der Waals surface area contributed by atoms with Gasteiger partial charge in [0, 0.05) is 71.5 Å². The monoisotopic (exact) mass is 550 g/mol. The van der Waals surface area contributed by atoms with Crippen LogP contribution in [0.1, 0.15) is 50.4 Å². The maximum Gasteiger partial charge on any atom is 0.410 e. The number of ether oxygens (including phenoxy) is 1. The van der Waals surface area contributed by atoms with Crippen LogP contribution in [0.4, 0.5) is 4.79 Å². The summed E-state index contributed by atoms with van der Waals surface area (Å²) in [6, 6.07) is 16.1. The van der Waals surface area contributed by atoms with Crippen LogP contribution in [0.15, 0.2) is 54.7 Å². The van der Waals surface area contributed by atoms with E-state index in [0.717, 1.165) is 58.0 Å². The molecular formula is C33H34N4O4. The van der Waals surface area contributed by atoms with Crippen LogP contribution in [0.25, 0.3) is 33.0 Å². The van der Waals surface area contributed by atoms with Gasteiger partial charge in [-0.25, -0.2) is 4.79 Å². The molecule has 3 aliphatic rings. The zero-order valence-corrected chi connectivity index (χ0v) is 23.9. The molecule has 0 bridgehead atoms. The number of benzene rings is 2. The van der Waals surface area contributed by atoms with Crippen molar-refractivity contribution in [1.29, 1.82) is 0 Å². The van der Waals surface area contributed by atoms with Gasteiger partial charge in [0.05, 0.1) is 11.1 Å². The molecule has 7 rings (SSSR count). The van der Waals surface area contributed by atoms with Crippen LogP contribution in [-0.4, -0.2) is 50.6 Å². The van der Waals surface area contributed by atoms with Crippen molar-refractivity contribution in [3.63, 3.8) is 0 Å². The molecule has 5 heterocycles. The molecule has 2 aromatic heterocycles. The van der Waals surface area contributed by atoms with Gasteiger partial charge in [-0.15, -0.1) is 0 Å². The first-order valence-electron chi connectivity index (χ1n) is 14.3. The number of nitrogens with one attached hydrogen (secondary N) is 1. The minimum Gasteiger partial charge on any atom is -0.444 e. The third kappa shape index (κ3) is 3.99. The minimum absolute atomic E-state index is 0.116. The van der Waals surface area contributed by atoms with E-state index in [1.807, 2.05) is 85.9 Å². The Morgan fingerprint density at radius 3 is 2.32 bits per heavy atom. The fraction of sp³-hybridized carbons (Fsp3) is 0.364. The molecule has 2 aromatic carbocycles. The maximum atomic E-state index is 13.7. The largest absolute Gasteiger partial charge is 0.444 e. The summed E-state index contributed by atoms with van der Waals surface area (Å²) >= 11 is 0. The quantitative estimate of drug-likeness (QED) is 0.345. The number of para-hydroxylation sites is 2. The third-order valence-electron chi connectivity index (χ3n) is 8.92. The normalized spacial score (nSPS) is 20.9. The Labute approximate surface area is 238 Å². The van der Waals surface area contributed by atoms with Gasteiger partial charge in [0.2, 0.25) is 0 Å². The van der Waals surface area contributed by atoms with Crippen LogP contribution in [-0.2, 0) is 34.3 Å². The predicted octanol–water partition coefficient (Wildman–Crippen LogP) is 5.27. The van der Waals surface area contributed by atoms with Gasteiger partial charge < -0.3 is 18.8 Å². The van der Waals surface area contributed by atoms with Gasteiger partial charge >= 0.3 is 6.09 Å². The summed E-state index contributed by atoms with van der Waals surface area (Å²) in [4.78, 5) is 41.9. The van der Waals surface area contributed by atoms with Gasteiger partial charge in [0.25, 0.3) is 11.8 Å². The molecule has 0 radical (unpaired) electrons. The molecule has 1 saturated heterocycles. The van der Waals surface area contributed by atoms with Crippen molar-refractivity contribution in [2.24, 2.45) is 12.5 Å². The van der Waals surface area contributed by atoms with Gasteiger partial charge in [-0.2, -0.15) is 0 Å². The highest BCUT2D eigenvalue weighted by Gasteiger charge is 2.46. The van der Waals surface area contributed by atoms with Crippen LogP contribution < -0.4 is 5.32 Å². The summed E-state index contributed by atoms with van der Waals surface area (Å²) in [5.74, 6) is -0.730. The number of aromatic nitrogens is 2. The molecule has 8 nitrogen and oxygen atoms in total. The molecule has 41 heavy (non-hydrogen) atoms. The highest BCUT2D eigenvalue weighted by atomic mass is 16.6. The molecule has 0 saturated carbocycles.